The molecule has 2 rings (SSSR count). The summed E-state index contributed by atoms with van der Waals surface area (Å²) in [6.07, 6.45) is 4.26. The summed E-state index contributed by atoms with van der Waals surface area (Å²) in [5, 5.41) is 17.0. The van der Waals surface area contributed by atoms with Gasteiger partial charge in [0, 0.05) is 30.4 Å². The number of aliphatic hydroxyl groups excluding tert-OH is 1. The van der Waals surface area contributed by atoms with Gasteiger partial charge >= 0.3 is 0 Å². The van der Waals surface area contributed by atoms with E-state index in [1.807, 2.05) is 13.0 Å². The quantitative estimate of drug-likeness (QED) is 0.573. The fourth-order valence-electron chi connectivity index (χ4n) is 2.88. The van der Waals surface area contributed by atoms with Crippen LogP contribution in [0.3, 0.4) is 0 Å². The average molecular weight is 261 g/mol. The number of amidine groups is 1. The molecule has 1 heterocycles. The highest BCUT2D eigenvalue weighted by molar-refractivity contribution is 6.00. The third-order valence-corrected chi connectivity index (χ3v) is 3.84. The fourth-order valence-corrected chi connectivity index (χ4v) is 2.88. The molecule has 1 fully saturated rings. The molecule has 0 spiro atoms. The van der Waals surface area contributed by atoms with E-state index in [2.05, 4.69) is 17.0 Å². The molecule has 0 radical (unpaired) electrons. The first-order chi connectivity index (χ1) is 9.13. The number of nitrogen functional groups attached to an aromatic ring is 1. The van der Waals surface area contributed by atoms with Gasteiger partial charge in [0.2, 0.25) is 0 Å². The molecule has 0 amide bonds. The van der Waals surface area contributed by atoms with Gasteiger partial charge in [0.15, 0.2) is 0 Å². The van der Waals surface area contributed by atoms with Gasteiger partial charge in [0.25, 0.3) is 0 Å². The van der Waals surface area contributed by atoms with Crippen molar-refractivity contribution < 1.29 is 5.11 Å². The van der Waals surface area contributed by atoms with E-state index in [0.717, 1.165) is 42.6 Å². The predicted octanol–water partition coefficient (Wildman–Crippen LogP) is 2.02. The van der Waals surface area contributed by atoms with Gasteiger partial charge in [-0.05, 0) is 44.7 Å². The van der Waals surface area contributed by atoms with E-state index in [-0.39, 0.29) is 12.4 Å². The molecule has 4 N–H and O–H groups in total. The van der Waals surface area contributed by atoms with Crippen LogP contribution in [0.15, 0.2) is 18.2 Å². The normalized spacial score (nSPS) is 19.5. The van der Waals surface area contributed by atoms with Crippen molar-refractivity contribution in [1.82, 2.24) is 0 Å². The molecule has 19 heavy (non-hydrogen) atoms. The number of aryl methyl sites for hydroxylation is 1. The highest BCUT2D eigenvalue weighted by Gasteiger charge is 2.24. The number of anilines is 1. The van der Waals surface area contributed by atoms with Crippen molar-refractivity contribution in [3.8, 4) is 0 Å². The molecule has 1 aromatic rings. The molecule has 4 heteroatoms. The largest absolute Gasteiger partial charge is 0.396 e. The molecule has 1 unspecified atom stereocenters. The summed E-state index contributed by atoms with van der Waals surface area (Å²) in [6, 6.07) is 6.45. The molecule has 0 aromatic heterocycles. The summed E-state index contributed by atoms with van der Waals surface area (Å²) >= 11 is 0. The SMILES string of the molecule is Cc1ccc(N2CCCCC2CCO)c(C(=N)N)c1. The number of aliphatic hydroxyl groups is 1. The Bertz CT molecular complexity index is 457. The summed E-state index contributed by atoms with van der Waals surface area (Å²) in [5.74, 6) is 0.118. The lowest BCUT2D eigenvalue weighted by Crippen LogP contribution is -2.41. The first-order valence-electron chi connectivity index (χ1n) is 6.96. The van der Waals surface area contributed by atoms with Crippen LogP contribution in [0, 0.1) is 12.3 Å². The molecule has 1 aliphatic heterocycles. The molecule has 0 saturated carbocycles. The Hall–Kier alpha value is -1.55. The Balaban J connectivity index is 2.35. The van der Waals surface area contributed by atoms with Gasteiger partial charge in [-0.1, -0.05) is 11.6 Å². The minimum absolute atomic E-state index is 0.118. The Kier molecular flexibility index (Phi) is 4.43. The molecule has 104 valence electrons. The highest BCUT2D eigenvalue weighted by Crippen LogP contribution is 2.29. The summed E-state index contributed by atoms with van der Waals surface area (Å²) in [6.45, 7) is 3.20. The zero-order chi connectivity index (χ0) is 13.8. The lowest BCUT2D eigenvalue weighted by Gasteiger charge is -2.38. The van der Waals surface area contributed by atoms with E-state index in [4.69, 9.17) is 11.1 Å². The number of nitrogens with zero attached hydrogens (tertiary/aromatic N) is 1. The van der Waals surface area contributed by atoms with E-state index >= 15 is 0 Å². The van der Waals surface area contributed by atoms with Crippen molar-refractivity contribution in [2.75, 3.05) is 18.1 Å². The Morgan fingerprint density at radius 2 is 2.26 bits per heavy atom. The number of rotatable bonds is 4. The van der Waals surface area contributed by atoms with Crippen LogP contribution in [0.5, 0.6) is 0 Å². The Morgan fingerprint density at radius 1 is 1.47 bits per heavy atom. The van der Waals surface area contributed by atoms with Crippen molar-refractivity contribution in [1.29, 1.82) is 5.41 Å². The summed E-state index contributed by atoms with van der Waals surface area (Å²) in [5.41, 5.74) is 8.68. The molecular formula is C15H23N3O. The number of piperidine rings is 1. The van der Waals surface area contributed by atoms with Crippen molar-refractivity contribution in [3.05, 3.63) is 29.3 Å². The minimum Gasteiger partial charge on any atom is -0.396 e. The third kappa shape index (κ3) is 3.07. The monoisotopic (exact) mass is 261 g/mol. The highest BCUT2D eigenvalue weighted by atomic mass is 16.3. The maximum atomic E-state index is 9.21. The van der Waals surface area contributed by atoms with Gasteiger partial charge in [-0.25, -0.2) is 0 Å². The summed E-state index contributed by atoms with van der Waals surface area (Å²) < 4.78 is 0. The van der Waals surface area contributed by atoms with Crippen molar-refractivity contribution >= 4 is 11.5 Å². The van der Waals surface area contributed by atoms with E-state index in [9.17, 15) is 5.11 Å². The maximum Gasteiger partial charge on any atom is 0.124 e. The summed E-state index contributed by atoms with van der Waals surface area (Å²) in [7, 11) is 0. The van der Waals surface area contributed by atoms with Crippen LogP contribution in [0.25, 0.3) is 0 Å². The average Bonchev–Trinajstić information content (AvgIpc) is 2.40. The van der Waals surface area contributed by atoms with E-state index in [1.165, 1.54) is 6.42 Å². The number of hydrogen-bond acceptors (Lipinski definition) is 3. The molecule has 4 nitrogen and oxygen atoms in total. The molecule has 1 aromatic carbocycles. The molecule has 1 atom stereocenters. The van der Waals surface area contributed by atoms with Crippen LogP contribution < -0.4 is 10.6 Å². The van der Waals surface area contributed by atoms with Gasteiger partial charge in [-0.15, -0.1) is 0 Å². The number of nitrogens with two attached hydrogens (primary N) is 1. The van der Waals surface area contributed by atoms with Crippen LogP contribution in [-0.4, -0.2) is 30.1 Å². The van der Waals surface area contributed by atoms with Crippen LogP contribution in [0.4, 0.5) is 5.69 Å². The smallest absolute Gasteiger partial charge is 0.124 e. The second kappa shape index (κ2) is 6.06. The first-order valence-corrected chi connectivity index (χ1v) is 6.96. The topological polar surface area (TPSA) is 73.3 Å². The number of hydrogen-bond donors (Lipinski definition) is 3. The van der Waals surface area contributed by atoms with E-state index < -0.39 is 0 Å². The standard InChI is InChI=1S/C15H23N3O/c1-11-5-6-14(13(10-11)15(16)17)18-8-3-2-4-12(18)7-9-19/h5-6,10,12,19H,2-4,7-9H2,1H3,(H3,16,17). The van der Waals surface area contributed by atoms with Crippen molar-refractivity contribution in [2.24, 2.45) is 5.73 Å². The molecule has 0 aliphatic carbocycles. The van der Waals surface area contributed by atoms with Gasteiger partial charge in [-0.3, -0.25) is 5.41 Å². The molecule has 1 aliphatic rings. The number of benzene rings is 1. The molecule has 0 bridgehead atoms. The van der Waals surface area contributed by atoms with Gasteiger partial charge in [0.05, 0.1) is 0 Å². The zero-order valence-electron chi connectivity index (χ0n) is 11.5. The van der Waals surface area contributed by atoms with E-state index in [1.54, 1.807) is 0 Å². The van der Waals surface area contributed by atoms with Gasteiger partial charge in [-0.2, -0.15) is 0 Å². The fraction of sp³-hybridized carbons (Fsp3) is 0.533. The van der Waals surface area contributed by atoms with E-state index in [0.29, 0.717) is 6.04 Å². The number of nitrogens with one attached hydrogen (secondary N) is 1. The predicted molar refractivity (Wildman–Crippen MR) is 78.9 cm³/mol. The summed E-state index contributed by atoms with van der Waals surface area (Å²) in [4.78, 5) is 2.32. The van der Waals surface area contributed by atoms with Crippen molar-refractivity contribution in [3.63, 3.8) is 0 Å². The van der Waals surface area contributed by atoms with Crippen LogP contribution in [-0.2, 0) is 0 Å². The van der Waals surface area contributed by atoms with Gasteiger partial charge in [0.1, 0.15) is 5.84 Å². The molecule has 1 saturated heterocycles. The first kappa shape index (κ1) is 13.9. The molecular weight excluding hydrogens is 238 g/mol. The second-order valence-electron chi connectivity index (χ2n) is 5.29. The lowest BCUT2D eigenvalue weighted by molar-refractivity contribution is 0.262. The van der Waals surface area contributed by atoms with Crippen LogP contribution in [0.1, 0.15) is 36.8 Å². The Labute approximate surface area is 114 Å². The Morgan fingerprint density at radius 3 is 2.95 bits per heavy atom. The second-order valence-corrected chi connectivity index (χ2v) is 5.29. The maximum absolute atomic E-state index is 9.21. The van der Waals surface area contributed by atoms with Crippen molar-refractivity contribution in [2.45, 2.75) is 38.6 Å². The lowest BCUT2D eigenvalue weighted by atomic mass is 9.97. The third-order valence-electron chi connectivity index (χ3n) is 3.84. The minimum atomic E-state index is 0.118. The van der Waals surface area contributed by atoms with Crippen LogP contribution >= 0.6 is 0 Å². The van der Waals surface area contributed by atoms with Crippen LogP contribution in [0.2, 0.25) is 0 Å². The van der Waals surface area contributed by atoms with Gasteiger partial charge < -0.3 is 15.7 Å². The zero-order valence-corrected chi connectivity index (χ0v) is 11.5.